The van der Waals surface area contributed by atoms with E-state index in [-0.39, 0.29) is 0 Å². The topological polar surface area (TPSA) is 56.0 Å². The highest BCUT2D eigenvalue weighted by molar-refractivity contribution is 5.87. The van der Waals surface area contributed by atoms with Crippen LogP contribution in [-0.4, -0.2) is 24.3 Å². The van der Waals surface area contributed by atoms with E-state index in [4.69, 9.17) is 9.97 Å². The Hall–Kier alpha value is -5.16. The van der Waals surface area contributed by atoms with Crippen LogP contribution in [0, 0.1) is 0 Å². The van der Waals surface area contributed by atoms with Gasteiger partial charge in [-0.3, -0.25) is 14.4 Å². The van der Waals surface area contributed by atoms with Gasteiger partial charge in [0, 0.05) is 41.5 Å². The number of pyridine rings is 2. The van der Waals surface area contributed by atoms with Gasteiger partial charge in [0.05, 0.1) is 22.4 Å². The molecule has 174 valence electrons. The number of nitrogens with zero attached hydrogens (tertiary/aromatic N) is 5. The summed E-state index contributed by atoms with van der Waals surface area (Å²) in [5.74, 6) is 0.673. The van der Waals surface area contributed by atoms with Crippen molar-refractivity contribution < 1.29 is 0 Å². The lowest BCUT2D eigenvalue weighted by Gasteiger charge is -2.14. The van der Waals surface area contributed by atoms with Crippen molar-refractivity contribution in [1.29, 1.82) is 0 Å². The summed E-state index contributed by atoms with van der Waals surface area (Å²) in [5.41, 5.74) is 10.2. The summed E-state index contributed by atoms with van der Waals surface area (Å²) in [7, 11) is 0. The molecule has 0 aliphatic rings. The molecule has 0 spiro atoms. The zero-order chi connectivity index (χ0) is 24.6. The van der Waals surface area contributed by atoms with Gasteiger partial charge in [-0.25, -0.2) is 9.97 Å². The van der Waals surface area contributed by atoms with E-state index < -0.39 is 0 Å². The largest absolute Gasteiger partial charge is 0.276 e. The Morgan fingerprint density at radius 1 is 0.486 bits per heavy atom. The molecule has 7 aromatic rings. The zero-order valence-corrected chi connectivity index (χ0v) is 19.9. The first kappa shape index (κ1) is 21.1. The van der Waals surface area contributed by atoms with Crippen molar-refractivity contribution in [2.24, 2.45) is 0 Å². The Morgan fingerprint density at radius 2 is 1.11 bits per heavy atom. The average Bonchev–Trinajstić information content (AvgIpc) is 3.36. The number of imidazole rings is 1. The van der Waals surface area contributed by atoms with Gasteiger partial charge in [0.15, 0.2) is 0 Å². The molecule has 4 heterocycles. The molecular weight excluding hydrogens is 454 g/mol. The molecule has 0 bridgehead atoms. The number of aromatic nitrogens is 5. The van der Waals surface area contributed by atoms with Crippen molar-refractivity contribution in [2.45, 2.75) is 0 Å². The minimum Gasteiger partial charge on any atom is -0.276 e. The lowest BCUT2D eigenvalue weighted by molar-refractivity contribution is 1.14. The Labute approximate surface area is 213 Å². The zero-order valence-electron chi connectivity index (χ0n) is 19.9. The molecule has 4 aromatic heterocycles. The summed E-state index contributed by atoms with van der Waals surface area (Å²) in [6, 6.07) is 35.3. The first-order valence-corrected chi connectivity index (χ1v) is 12.1. The predicted molar refractivity (Wildman–Crippen MR) is 148 cm³/mol. The fourth-order valence-electron chi connectivity index (χ4n) is 4.80. The van der Waals surface area contributed by atoms with E-state index in [0.29, 0.717) is 5.78 Å². The standard InChI is InChI=1S/C32H21N5/c1-2-8-22(9-3-1)29-19-31(37-30-13-5-4-12-28(30)35-32(37)36-29)27-17-25(23-10-6-14-33-20-23)16-26(18-27)24-11-7-15-34-21-24/h1-21H. The first-order chi connectivity index (χ1) is 18.3. The molecule has 0 atom stereocenters. The van der Waals surface area contributed by atoms with Crippen molar-refractivity contribution >= 4 is 16.8 Å². The second kappa shape index (κ2) is 8.81. The van der Waals surface area contributed by atoms with Crippen molar-refractivity contribution in [3.8, 4) is 44.8 Å². The van der Waals surface area contributed by atoms with Crippen LogP contribution in [0.15, 0.2) is 128 Å². The molecule has 0 amide bonds. The quantitative estimate of drug-likeness (QED) is 0.267. The summed E-state index contributed by atoms with van der Waals surface area (Å²) >= 11 is 0. The van der Waals surface area contributed by atoms with Gasteiger partial charge >= 0.3 is 0 Å². The molecule has 5 nitrogen and oxygen atoms in total. The van der Waals surface area contributed by atoms with Crippen LogP contribution in [0.4, 0.5) is 0 Å². The molecule has 3 aromatic carbocycles. The lowest BCUT2D eigenvalue weighted by atomic mass is 9.95. The number of hydrogen-bond acceptors (Lipinski definition) is 4. The molecule has 0 N–H and O–H groups in total. The van der Waals surface area contributed by atoms with Gasteiger partial charge < -0.3 is 0 Å². The van der Waals surface area contributed by atoms with Gasteiger partial charge in [0.1, 0.15) is 0 Å². The minimum atomic E-state index is 0.673. The Morgan fingerprint density at radius 3 is 1.78 bits per heavy atom. The second-order valence-corrected chi connectivity index (χ2v) is 8.91. The first-order valence-electron chi connectivity index (χ1n) is 12.1. The molecule has 0 unspecified atom stereocenters. The van der Waals surface area contributed by atoms with Crippen molar-refractivity contribution in [1.82, 2.24) is 24.3 Å². The highest BCUT2D eigenvalue weighted by atomic mass is 15.1. The van der Waals surface area contributed by atoms with Gasteiger partial charge in [0.2, 0.25) is 5.78 Å². The molecule has 0 aliphatic carbocycles. The number of para-hydroxylation sites is 2. The summed E-state index contributed by atoms with van der Waals surface area (Å²) in [6.45, 7) is 0. The van der Waals surface area contributed by atoms with E-state index in [9.17, 15) is 0 Å². The van der Waals surface area contributed by atoms with Crippen LogP contribution in [0.1, 0.15) is 0 Å². The smallest absolute Gasteiger partial charge is 0.235 e. The van der Waals surface area contributed by atoms with Crippen LogP contribution in [-0.2, 0) is 0 Å². The Balaban J connectivity index is 1.56. The fraction of sp³-hybridized carbons (Fsp3) is 0. The molecule has 37 heavy (non-hydrogen) atoms. The molecule has 0 saturated carbocycles. The molecule has 5 heteroatoms. The maximum Gasteiger partial charge on any atom is 0.235 e. The Kier molecular flexibility index (Phi) is 5.03. The summed E-state index contributed by atoms with van der Waals surface area (Å²) in [6.07, 6.45) is 7.39. The SMILES string of the molecule is c1ccc(-c2cc(-c3cc(-c4cccnc4)cc(-c4cccnc4)c3)n3c(n2)nc2ccccc23)cc1. The van der Waals surface area contributed by atoms with Crippen LogP contribution < -0.4 is 0 Å². The van der Waals surface area contributed by atoms with E-state index in [2.05, 4.69) is 69.0 Å². The third kappa shape index (κ3) is 3.83. The Bertz CT molecular complexity index is 1800. The van der Waals surface area contributed by atoms with Crippen LogP contribution >= 0.6 is 0 Å². The van der Waals surface area contributed by atoms with Gasteiger partial charge in [0.25, 0.3) is 0 Å². The maximum absolute atomic E-state index is 4.96. The van der Waals surface area contributed by atoms with Crippen LogP contribution in [0.5, 0.6) is 0 Å². The van der Waals surface area contributed by atoms with Gasteiger partial charge in [-0.15, -0.1) is 0 Å². The van der Waals surface area contributed by atoms with E-state index >= 15 is 0 Å². The maximum atomic E-state index is 4.96. The normalized spacial score (nSPS) is 11.2. The molecule has 0 radical (unpaired) electrons. The minimum absolute atomic E-state index is 0.673. The van der Waals surface area contributed by atoms with Crippen molar-refractivity contribution in [3.05, 3.63) is 128 Å². The van der Waals surface area contributed by atoms with E-state index in [1.807, 2.05) is 60.9 Å². The number of fused-ring (bicyclic) bond motifs is 3. The highest BCUT2D eigenvalue weighted by Crippen LogP contribution is 2.35. The van der Waals surface area contributed by atoms with Crippen LogP contribution in [0.2, 0.25) is 0 Å². The van der Waals surface area contributed by atoms with E-state index in [1.165, 1.54) is 0 Å². The number of hydrogen-bond donors (Lipinski definition) is 0. The second-order valence-electron chi connectivity index (χ2n) is 8.91. The lowest BCUT2D eigenvalue weighted by Crippen LogP contribution is -1.98. The van der Waals surface area contributed by atoms with Gasteiger partial charge in [-0.1, -0.05) is 54.6 Å². The molecular formula is C32H21N5. The summed E-state index contributed by atoms with van der Waals surface area (Å²) in [5, 5.41) is 0. The highest BCUT2D eigenvalue weighted by Gasteiger charge is 2.16. The molecule has 0 saturated heterocycles. The molecule has 7 rings (SSSR count). The van der Waals surface area contributed by atoms with E-state index in [1.54, 1.807) is 12.4 Å². The predicted octanol–water partition coefficient (Wildman–Crippen LogP) is 7.34. The van der Waals surface area contributed by atoms with Gasteiger partial charge in [-0.05, 0) is 65.2 Å². The van der Waals surface area contributed by atoms with Gasteiger partial charge in [-0.2, -0.15) is 0 Å². The number of benzene rings is 3. The monoisotopic (exact) mass is 475 g/mol. The summed E-state index contributed by atoms with van der Waals surface area (Å²) < 4.78 is 2.15. The third-order valence-electron chi connectivity index (χ3n) is 6.57. The van der Waals surface area contributed by atoms with Crippen molar-refractivity contribution in [3.63, 3.8) is 0 Å². The van der Waals surface area contributed by atoms with E-state index in [0.717, 1.165) is 55.8 Å². The third-order valence-corrected chi connectivity index (χ3v) is 6.57. The van der Waals surface area contributed by atoms with Crippen LogP contribution in [0.25, 0.3) is 61.6 Å². The number of rotatable bonds is 4. The fourth-order valence-corrected chi connectivity index (χ4v) is 4.80. The summed E-state index contributed by atoms with van der Waals surface area (Å²) in [4.78, 5) is 18.6. The molecule has 0 fully saturated rings. The van der Waals surface area contributed by atoms with Crippen LogP contribution in [0.3, 0.4) is 0 Å². The van der Waals surface area contributed by atoms with Crippen molar-refractivity contribution in [2.75, 3.05) is 0 Å². The molecule has 0 aliphatic heterocycles. The average molecular weight is 476 g/mol.